The average molecular weight is 413 g/mol. The molecule has 5 heteroatoms. The van der Waals surface area contributed by atoms with Crippen molar-refractivity contribution < 1.29 is 24.9 Å². The standard InChI is InChI=1S/C24H44O5/c1-2-3-4-12-15-18-21(26)23(24(28)29)22(27)19-16-13-10-8-6-5-7-9-11-14-17-20-25/h25,27H,2-20H2,1H3,(H,28,29). The number of allylic oxidation sites excluding steroid dienone is 1. The number of unbranched alkanes of at least 4 members (excludes halogenated alkanes) is 14. The molecule has 0 aromatic rings. The molecular formula is C24H44O5. The number of carbonyl (C=O) groups is 2. The SMILES string of the molecule is CCCCCCCC(=O)C(C(=O)O)=C(O)CCCCCCCCCCCCCO. The number of aliphatic carboxylic acids is 1. The lowest BCUT2D eigenvalue weighted by molar-refractivity contribution is -0.135. The number of Topliss-reactive ketones (excluding diaryl/α,β-unsaturated/α-hetero) is 1. The van der Waals surface area contributed by atoms with Crippen LogP contribution in [-0.4, -0.2) is 33.7 Å². The van der Waals surface area contributed by atoms with E-state index in [1.165, 1.54) is 32.1 Å². The van der Waals surface area contributed by atoms with Crippen LogP contribution in [0.25, 0.3) is 0 Å². The van der Waals surface area contributed by atoms with Crippen LogP contribution in [0.2, 0.25) is 0 Å². The van der Waals surface area contributed by atoms with Crippen LogP contribution in [0, 0.1) is 0 Å². The van der Waals surface area contributed by atoms with Gasteiger partial charge in [-0.3, -0.25) is 4.79 Å². The smallest absolute Gasteiger partial charge is 0.342 e. The van der Waals surface area contributed by atoms with Crippen molar-refractivity contribution in [2.24, 2.45) is 0 Å². The van der Waals surface area contributed by atoms with Gasteiger partial charge in [-0.15, -0.1) is 0 Å². The summed E-state index contributed by atoms with van der Waals surface area (Å²) in [5.74, 6) is -2.00. The van der Waals surface area contributed by atoms with Crippen LogP contribution in [0.1, 0.15) is 122 Å². The van der Waals surface area contributed by atoms with Gasteiger partial charge < -0.3 is 15.3 Å². The highest BCUT2D eigenvalue weighted by atomic mass is 16.4. The quantitative estimate of drug-likeness (QED) is 0.0658. The molecule has 0 spiro atoms. The number of carboxylic acids is 1. The number of hydrogen-bond acceptors (Lipinski definition) is 4. The van der Waals surface area contributed by atoms with Crippen molar-refractivity contribution in [3.05, 3.63) is 11.3 Å². The van der Waals surface area contributed by atoms with Gasteiger partial charge in [-0.1, -0.05) is 90.4 Å². The zero-order valence-corrected chi connectivity index (χ0v) is 18.6. The molecule has 0 atom stereocenters. The number of aliphatic hydroxyl groups is 2. The highest BCUT2D eigenvalue weighted by Gasteiger charge is 2.21. The van der Waals surface area contributed by atoms with Gasteiger partial charge in [0.15, 0.2) is 5.78 Å². The van der Waals surface area contributed by atoms with Crippen molar-refractivity contribution >= 4 is 11.8 Å². The number of carbonyl (C=O) groups excluding carboxylic acids is 1. The Labute approximate surface area is 177 Å². The number of rotatable bonds is 21. The van der Waals surface area contributed by atoms with Crippen molar-refractivity contribution in [1.82, 2.24) is 0 Å². The summed E-state index contributed by atoms with van der Waals surface area (Å²) >= 11 is 0. The van der Waals surface area contributed by atoms with E-state index in [-0.39, 0.29) is 18.6 Å². The molecule has 0 rings (SSSR count). The maximum Gasteiger partial charge on any atom is 0.342 e. The second-order valence-corrected chi connectivity index (χ2v) is 8.08. The maximum atomic E-state index is 12.2. The zero-order chi connectivity index (χ0) is 21.7. The molecule has 0 fully saturated rings. The van der Waals surface area contributed by atoms with Crippen LogP contribution in [0.5, 0.6) is 0 Å². The first-order valence-electron chi connectivity index (χ1n) is 11.8. The predicted octanol–water partition coefficient (Wildman–Crippen LogP) is 6.49. The average Bonchev–Trinajstić information content (AvgIpc) is 2.68. The Morgan fingerprint density at radius 2 is 1.00 bits per heavy atom. The Morgan fingerprint density at radius 3 is 1.45 bits per heavy atom. The van der Waals surface area contributed by atoms with E-state index >= 15 is 0 Å². The molecule has 170 valence electrons. The molecule has 5 nitrogen and oxygen atoms in total. The highest BCUT2D eigenvalue weighted by molar-refractivity contribution is 6.16. The van der Waals surface area contributed by atoms with Gasteiger partial charge in [-0.05, 0) is 19.3 Å². The van der Waals surface area contributed by atoms with Gasteiger partial charge in [0.1, 0.15) is 11.3 Å². The molecule has 0 aromatic heterocycles. The molecule has 0 heterocycles. The molecule has 0 unspecified atom stereocenters. The lowest BCUT2D eigenvalue weighted by Gasteiger charge is -2.07. The fraction of sp³-hybridized carbons (Fsp3) is 0.833. The van der Waals surface area contributed by atoms with Gasteiger partial charge >= 0.3 is 5.97 Å². The number of ketones is 1. The Morgan fingerprint density at radius 1 is 0.586 bits per heavy atom. The van der Waals surface area contributed by atoms with E-state index in [1.807, 2.05) is 0 Å². The van der Waals surface area contributed by atoms with Crippen LogP contribution < -0.4 is 0 Å². The Hall–Kier alpha value is -1.36. The lowest BCUT2D eigenvalue weighted by atomic mass is 10.00. The monoisotopic (exact) mass is 412 g/mol. The van der Waals surface area contributed by atoms with E-state index in [9.17, 15) is 19.8 Å². The van der Waals surface area contributed by atoms with Crippen molar-refractivity contribution in [2.45, 2.75) is 122 Å². The first kappa shape index (κ1) is 27.6. The van der Waals surface area contributed by atoms with Crippen LogP contribution in [0.15, 0.2) is 11.3 Å². The maximum absolute atomic E-state index is 12.2. The third kappa shape index (κ3) is 16.2. The Balaban J connectivity index is 3.92. The van der Waals surface area contributed by atoms with Gasteiger partial charge in [0, 0.05) is 19.4 Å². The van der Waals surface area contributed by atoms with Gasteiger partial charge in [-0.2, -0.15) is 0 Å². The molecule has 3 N–H and O–H groups in total. The minimum absolute atomic E-state index is 0.204. The lowest BCUT2D eigenvalue weighted by Crippen LogP contribution is -2.15. The Bertz CT molecular complexity index is 456. The molecule has 0 saturated heterocycles. The second-order valence-electron chi connectivity index (χ2n) is 8.08. The van der Waals surface area contributed by atoms with Gasteiger partial charge in [-0.25, -0.2) is 4.79 Å². The predicted molar refractivity (Wildman–Crippen MR) is 118 cm³/mol. The molecule has 0 aliphatic heterocycles. The van der Waals surface area contributed by atoms with E-state index in [1.54, 1.807) is 0 Å². The number of carboxylic acid groups (broad SMARTS) is 1. The van der Waals surface area contributed by atoms with Crippen LogP contribution >= 0.6 is 0 Å². The summed E-state index contributed by atoms with van der Waals surface area (Å²) in [6.45, 7) is 2.42. The molecule has 0 radical (unpaired) electrons. The van der Waals surface area contributed by atoms with E-state index in [0.717, 1.165) is 57.8 Å². The van der Waals surface area contributed by atoms with Crippen LogP contribution in [0.4, 0.5) is 0 Å². The van der Waals surface area contributed by atoms with Gasteiger partial charge in [0.25, 0.3) is 0 Å². The third-order valence-electron chi connectivity index (χ3n) is 5.36. The van der Waals surface area contributed by atoms with Crippen LogP contribution in [0.3, 0.4) is 0 Å². The second kappa shape index (κ2) is 19.9. The summed E-state index contributed by atoms with van der Waals surface area (Å²) in [7, 11) is 0. The molecule has 0 bridgehead atoms. The molecule has 0 aliphatic rings. The summed E-state index contributed by atoms with van der Waals surface area (Å²) < 4.78 is 0. The van der Waals surface area contributed by atoms with Crippen molar-refractivity contribution in [2.75, 3.05) is 6.61 Å². The van der Waals surface area contributed by atoms with Crippen molar-refractivity contribution in [3.63, 3.8) is 0 Å². The minimum atomic E-state index is -1.31. The normalized spacial score (nSPS) is 12.1. The fourth-order valence-corrected chi connectivity index (χ4v) is 3.54. The topological polar surface area (TPSA) is 94.8 Å². The fourth-order valence-electron chi connectivity index (χ4n) is 3.54. The van der Waals surface area contributed by atoms with E-state index in [4.69, 9.17) is 5.11 Å². The largest absolute Gasteiger partial charge is 0.511 e. The summed E-state index contributed by atoms with van der Waals surface area (Å²) in [5, 5.41) is 28.1. The van der Waals surface area contributed by atoms with Gasteiger partial charge in [0.05, 0.1) is 0 Å². The molecule has 29 heavy (non-hydrogen) atoms. The zero-order valence-electron chi connectivity index (χ0n) is 18.6. The van der Waals surface area contributed by atoms with E-state index in [2.05, 4.69) is 6.92 Å². The molecule has 0 amide bonds. The van der Waals surface area contributed by atoms with E-state index < -0.39 is 17.3 Å². The highest BCUT2D eigenvalue weighted by Crippen LogP contribution is 2.17. The summed E-state index contributed by atoms with van der Waals surface area (Å²) in [6.07, 6.45) is 17.5. The summed E-state index contributed by atoms with van der Waals surface area (Å²) in [4.78, 5) is 23.6. The molecule has 0 aliphatic carbocycles. The number of hydrogen-bond donors (Lipinski definition) is 3. The first-order chi connectivity index (χ1) is 14.0. The third-order valence-corrected chi connectivity index (χ3v) is 5.36. The summed E-state index contributed by atoms with van der Waals surface area (Å²) in [5.41, 5.74) is -0.401. The Kier molecular flexibility index (Phi) is 19.0. The molecule has 0 saturated carbocycles. The number of aliphatic hydroxyl groups excluding tert-OH is 2. The van der Waals surface area contributed by atoms with Crippen molar-refractivity contribution in [1.29, 1.82) is 0 Å². The summed E-state index contributed by atoms with van der Waals surface area (Å²) in [6, 6.07) is 0. The van der Waals surface area contributed by atoms with Gasteiger partial charge in [0.2, 0.25) is 0 Å². The minimum Gasteiger partial charge on any atom is -0.511 e. The molecular weight excluding hydrogens is 368 g/mol. The van der Waals surface area contributed by atoms with E-state index in [0.29, 0.717) is 19.4 Å². The first-order valence-corrected chi connectivity index (χ1v) is 11.8. The molecule has 0 aromatic carbocycles. The van der Waals surface area contributed by atoms with Crippen LogP contribution in [-0.2, 0) is 9.59 Å². The van der Waals surface area contributed by atoms with Crippen molar-refractivity contribution in [3.8, 4) is 0 Å².